The molecule has 1 saturated heterocycles. The van der Waals surface area contributed by atoms with Crippen molar-refractivity contribution in [1.29, 1.82) is 0 Å². The molecule has 0 amide bonds. The smallest absolute Gasteiger partial charge is 0.190 e. The van der Waals surface area contributed by atoms with Crippen LogP contribution in [0.5, 0.6) is 0 Å². The first-order chi connectivity index (χ1) is 16.8. The van der Waals surface area contributed by atoms with Crippen LogP contribution in [0, 0.1) is 5.82 Å². The van der Waals surface area contributed by atoms with Crippen LogP contribution >= 0.6 is 11.3 Å². The number of nitrogens with one attached hydrogen (secondary N) is 1. The van der Waals surface area contributed by atoms with Crippen LogP contribution in [-0.4, -0.2) is 47.4 Å². The lowest BCUT2D eigenvalue weighted by Crippen LogP contribution is -2.36. The Hall–Kier alpha value is -3.27. The van der Waals surface area contributed by atoms with Gasteiger partial charge in [-0.15, -0.1) is 11.3 Å². The number of hydrogen-bond acceptors (Lipinski definition) is 6. The van der Waals surface area contributed by atoms with Crippen molar-refractivity contribution in [3.05, 3.63) is 82.7 Å². The summed E-state index contributed by atoms with van der Waals surface area (Å²) in [7, 11) is 0. The summed E-state index contributed by atoms with van der Waals surface area (Å²) >= 11 is 1.56. The molecule has 0 aliphatic carbocycles. The molecule has 0 bridgehead atoms. The number of aromatic amines is 1. The zero-order valence-electron chi connectivity index (χ0n) is 18.7. The minimum atomic E-state index is -0.272. The zero-order chi connectivity index (χ0) is 23.2. The van der Waals surface area contributed by atoms with Crippen molar-refractivity contribution in [2.24, 2.45) is 4.99 Å². The maximum Gasteiger partial charge on any atom is 0.190 e. The summed E-state index contributed by atoms with van der Waals surface area (Å²) in [6, 6.07) is 14.8. The van der Waals surface area contributed by atoms with Crippen LogP contribution in [0.15, 0.2) is 71.4 Å². The molecule has 0 saturated carbocycles. The van der Waals surface area contributed by atoms with Gasteiger partial charge in [-0.1, -0.05) is 12.1 Å². The van der Waals surface area contributed by atoms with Gasteiger partial charge in [0.05, 0.1) is 56.0 Å². The number of thiazole rings is 1. The average Bonchev–Trinajstić information content (AvgIpc) is 3.54. The highest BCUT2D eigenvalue weighted by Crippen LogP contribution is 2.25. The molecule has 7 nitrogen and oxygen atoms in total. The summed E-state index contributed by atoms with van der Waals surface area (Å²) < 4.78 is 26.8. The van der Waals surface area contributed by atoms with E-state index in [1.54, 1.807) is 36.0 Å². The summed E-state index contributed by atoms with van der Waals surface area (Å²) in [6.07, 6.45) is 3.40. The number of H-pyrrole nitrogens is 1. The summed E-state index contributed by atoms with van der Waals surface area (Å²) in [5, 5.41) is 2.11. The summed E-state index contributed by atoms with van der Waals surface area (Å²) in [6.45, 7) is 4.97. The van der Waals surface area contributed by atoms with Crippen molar-refractivity contribution in [3.63, 3.8) is 0 Å². The van der Waals surface area contributed by atoms with E-state index < -0.39 is 0 Å². The molecule has 2 aromatic carbocycles. The fourth-order valence-corrected chi connectivity index (χ4v) is 4.81. The van der Waals surface area contributed by atoms with Gasteiger partial charge in [-0.25, -0.2) is 14.4 Å². The molecule has 9 heteroatoms. The highest BCUT2D eigenvalue weighted by molar-refractivity contribution is 7.07. The van der Waals surface area contributed by atoms with Crippen molar-refractivity contribution in [2.45, 2.75) is 13.2 Å². The first-order valence-electron chi connectivity index (χ1n) is 11.2. The molecule has 1 fully saturated rings. The van der Waals surface area contributed by atoms with Gasteiger partial charge in [0.1, 0.15) is 5.82 Å². The van der Waals surface area contributed by atoms with E-state index in [0.717, 1.165) is 48.1 Å². The van der Waals surface area contributed by atoms with Crippen molar-refractivity contribution in [1.82, 2.24) is 14.5 Å². The molecule has 34 heavy (non-hydrogen) atoms. The van der Waals surface area contributed by atoms with Gasteiger partial charge >= 0.3 is 0 Å². The Kier molecular flexibility index (Phi) is 7.13. The number of hydrogen-bond donors (Lipinski definition) is 1. The second-order valence-corrected chi connectivity index (χ2v) is 8.76. The molecule has 0 unspecified atom stereocenters. The molecule has 0 atom stereocenters. The van der Waals surface area contributed by atoms with Crippen LogP contribution in [0.1, 0.15) is 5.69 Å². The number of halogens is 1. The molecule has 0 radical (unpaired) electrons. The van der Waals surface area contributed by atoms with Crippen LogP contribution in [0.25, 0.3) is 11.3 Å². The molecule has 1 aliphatic rings. The Morgan fingerprint density at radius 1 is 1.09 bits per heavy atom. The van der Waals surface area contributed by atoms with Gasteiger partial charge in [-0.05, 0) is 42.0 Å². The monoisotopic (exact) mass is 479 g/mol. The predicted molar refractivity (Wildman–Crippen MR) is 131 cm³/mol. The lowest BCUT2D eigenvalue weighted by Gasteiger charge is -2.28. The molecule has 5 rings (SSSR count). The third-order valence-corrected chi connectivity index (χ3v) is 6.52. The van der Waals surface area contributed by atoms with Crippen LogP contribution in [0.3, 0.4) is 0 Å². The Labute approximate surface area is 201 Å². The first-order valence-corrected chi connectivity index (χ1v) is 12.1. The molecule has 2 aromatic heterocycles. The van der Waals surface area contributed by atoms with E-state index in [4.69, 9.17) is 14.5 Å². The van der Waals surface area contributed by atoms with Gasteiger partial charge in [-0.3, -0.25) is 0 Å². The van der Waals surface area contributed by atoms with Gasteiger partial charge < -0.3 is 23.9 Å². The van der Waals surface area contributed by atoms with Crippen molar-refractivity contribution < 1.29 is 13.9 Å². The van der Waals surface area contributed by atoms with Gasteiger partial charge in [-0.2, -0.15) is 0 Å². The summed E-state index contributed by atoms with van der Waals surface area (Å²) in [5.41, 5.74) is 5.04. The van der Waals surface area contributed by atoms with E-state index in [-0.39, 0.29) is 5.82 Å². The van der Waals surface area contributed by atoms with E-state index in [2.05, 4.69) is 49.1 Å². The van der Waals surface area contributed by atoms with Crippen molar-refractivity contribution >= 4 is 22.7 Å². The second-order valence-electron chi connectivity index (χ2n) is 7.92. The fourth-order valence-electron chi connectivity index (χ4n) is 3.86. The molecule has 4 aromatic rings. The fraction of sp³-hybridized carbons (Fsp3) is 0.280. The normalized spacial score (nSPS) is 14.6. The van der Waals surface area contributed by atoms with Gasteiger partial charge in [0, 0.05) is 30.7 Å². The molecule has 176 valence electrons. The number of anilines is 1. The van der Waals surface area contributed by atoms with Crippen LogP contribution in [-0.2, 0) is 22.6 Å². The highest BCUT2D eigenvalue weighted by atomic mass is 32.1. The minimum absolute atomic E-state index is 0.272. The zero-order valence-corrected chi connectivity index (χ0v) is 19.5. The number of rotatable bonds is 8. The highest BCUT2D eigenvalue weighted by Gasteiger charge is 2.13. The second kappa shape index (κ2) is 10.8. The number of benzene rings is 2. The Balaban J connectivity index is 1.40. The Morgan fingerprint density at radius 3 is 2.62 bits per heavy atom. The molecular formula is C25H26FN5O2S. The average molecular weight is 480 g/mol. The SMILES string of the molecule is Fc1ccc(N=c2scc(-c3ccc(N4CCOCC4)cc3)n2CCOCc2cnc[nH]2)cc1. The van der Waals surface area contributed by atoms with E-state index >= 15 is 0 Å². The molecule has 1 aliphatic heterocycles. The molecular weight excluding hydrogens is 453 g/mol. The molecule has 3 heterocycles. The lowest BCUT2D eigenvalue weighted by molar-refractivity contribution is 0.111. The van der Waals surface area contributed by atoms with E-state index in [0.29, 0.717) is 25.4 Å². The minimum Gasteiger partial charge on any atom is -0.378 e. The van der Waals surface area contributed by atoms with Gasteiger partial charge in [0.15, 0.2) is 4.80 Å². The number of morpholine rings is 1. The largest absolute Gasteiger partial charge is 0.378 e. The molecule has 1 N–H and O–H groups in total. The number of imidazole rings is 1. The predicted octanol–water partition coefficient (Wildman–Crippen LogP) is 4.36. The standard InChI is InChI=1S/C25H26FN5O2S/c26-20-3-5-21(6-4-20)29-25-31(11-14-33-16-22-15-27-18-28-22)24(17-34-25)19-1-7-23(8-2-19)30-9-12-32-13-10-30/h1-8,15,17-18H,9-14,16H2,(H,27,28). The number of aromatic nitrogens is 3. The van der Waals surface area contributed by atoms with Crippen molar-refractivity contribution in [3.8, 4) is 11.3 Å². The van der Waals surface area contributed by atoms with E-state index in [1.165, 1.54) is 17.8 Å². The van der Waals surface area contributed by atoms with Crippen LogP contribution < -0.4 is 9.70 Å². The van der Waals surface area contributed by atoms with Crippen molar-refractivity contribution in [2.75, 3.05) is 37.8 Å². The first kappa shape index (κ1) is 22.5. The third kappa shape index (κ3) is 5.44. The van der Waals surface area contributed by atoms with Gasteiger partial charge in [0.25, 0.3) is 0 Å². The van der Waals surface area contributed by atoms with Crippen LogP contribution in [0.4, 0.5) is 15.8 Å². The number of nitrogens with zero attached hydrogens (tertiary/aromatic N) is 4. The summed E-state index contributed by atoms with van der Waals surface area (Å²) in [5.74, 6) is -0.272. The quantitative estimate of drug-likeness (QED) is 0.381. The van der Waals surface area contributed by atoms with E-state index in [9.17, 15) is 4.39 Å². The molecule has 0 spiro atoms. The lowest BCUT2D eigenvalue weighted by atomic mass is 10.1. The third-order valence-electron chi connectivity index (χ3n) is 5.66. The maximum atomic E-state index is 13.3. The van der Waals surface area contributed by atoms with E-state index in [1.807, 2.05) is 0 Å². The van der Waals surface area contributed by atoms with Crippen LogP contribution in [0.2, 0.25) is 0 Å². The Morgan fingerprint density at radius 2 is 1.88 bits per heavy atom. The maximum absolute atomic E-state index is 13.3. The number of ether oxygens (including phenoxy) is 2. The topological polar surface area (TPSA) is 67.7 Å². The van der Waals surface area contributed by atoms with Gasteiger partial charge in [0.2, 0.25) is 0 Å². The summed E-state index contributed by atoms with van der Waals surface area (Å²) in [4.78, 5) is 15.0. The Bertz CT molecular complexity index is 1240.